The van der Waals surface area contributed by atoms with Gasteiger partial charge < -0.3 is 4.74 Å². The molecule has 0 aliphatic carbocycles. The minimum absolute atomic E-state index is 0.0566. The van der Waals surface area contributed by atoms with Gasteiger partial charge in [-0.1, -0.05) is 12.1 Å². The second-order valence-electron chi connectivity index (χ2n) is 4.31. The number of benzene rings is 1. The highest BCUT2D eigenvalue weighted by Crippen LogP contribution is 2.37. The van der Waals surface area contributed by atoms with Crippen molar-refractivity contribution in [3.8, 4) is 16.3 Å². The average molecular weight is 327 g/mol. The summed E-state index contributed by atoms with van der Waals surface area (Å²) >= 11 is 0.790. The Morgan fingerprint density at radius 1 is 1.27 bits per heavy atom. The van der Waals surface area contributed by atoms with Gasteiger partial charge in [-0.25, -0.2) is 14.4 Å². The van der Waals surface area contributed by atoms with Gasteiger partial charge in [0, 0.05) is 10.9 Å². The number of hydrogen-bond acceptors (Lipinski definition) is 4. The third-order valence-electron chi connectivity index (χ3n) is 2.97. The van der Waals surface area contributed by atoms with Gasteiger partial charge in [-0.2, -0.15) is 13.2 Å². The van der Waals surface area contributed by atoms with Gasteiger partial charge in [-0.05, 0) is 6.07 Å². The Hall–Kier alpha value is -2.22. The summed E-state index contributed by atoms with van der Waals surface area (Å²) in [5.41, 5.74) is -0.512. The molecule has 22 heavy (non-hydrogen) atoms. The van der Waals surface area contributed by atoms with E-state index in [4.69, 9.17) is 4.74 Å². The van der Waals surface area contributed by atoms with Crippen molar-refractivity contribution in [2.45, 2.75) is 6.18 Å². The zero-order chi connectivity index (χ0) is 15.9. The third-order valence-corrected chi connectivity index (χ3v) is 3.84. The minimum atomic E-state index is -4.54. The maximum absolute atomic E-state index is 14.4. The van der Waals surface area contributed by atoms with Gasteiger partial charge in [-0.3, -0.25) is 0 Å². The van der Waals surface area contributed by atoms with Gasteiger partial charge in [0.2, 0.25) is 0 Å². The van der Waals surface area contributed by atoms with Crippen LogP contribution < -0.4 is 4.74 Å². The van der Waals surface area contributed by atoms with Crippen LogP contribution in [0.3, 0.4) is 0 Å². The topological polar surface area (TPSA) is 35.0 Å². The van der Waals surface area contributed by atoms with Crippen molar-refractivity contribution in [3.05, 3.63) is 41.3 Å². The first kappa shape index (κ1) is 14.7. The fourth-order valence-electron chi connectivity index (χ4n) is 1.98. The summed E-state index contributed by atoms with van der Waals surface area (Å²) in [6.07, 6.45) is -2.15. The minimum Gasteiger partial charge on any atom is -0.491 e. The van der Waals surface area contributed by atoms with E-state index in [9.17, 15) is 17.6 Å². The maximum Gasteiger partial charge on any atom is 0.434 e. The van der Waals surface area contributed by atoms with Gasteiger partial charge in [0.05, 0.1) is 18.0 Å². The maximum atomic E-state index is 14.4. The first-order valence-corrected chi connectivity index (χ1v) is 6.86. The number of halogens is 4. The lowest BCUT2D eigenvalue weighted by atomic mass is 10.1. The van der Waals surface area contributed by atoms with Crippen molar-refractivity contribution in [1.29, 1.82) is 0 Å². The largest absolute Gasteiger partial charge is 0.491 e. The Balaban J connectivity index is 2.25. The molecule has 3 nitrogen and oxygen atoms in total. The summed E-state index contributed by atoms with van der Waals surface area (Å²) in [7, 11) is 1.26. The first-order chi connectivity index (χ1) is 10.4. The summed E-state index contributed by atoms with van der Waals surface area (Å²) in [4.78, 5) is 7.47. The van der Waals surface area contributed by atoms with E-state index in [-0.39, 0.29) is 27.2 Å². The smallest absolute Gasteiger partial charge is 0.434 e. The van der Waals surface area contributed by atoms with Gasteiger partial charge in [0.25, 0.3) is 0 Å². The molecule has 0 aliphatic heterocycles. The lowest BCUT2D eigenvalue weighted by molar-refractivity contribution is -0.140. The van der Waals surface area contributed by atoms with Crippen LogP contribution in [0.1, 0.15) is 5.69 Å². The zero-order valence-corrected chi connectivity index (χ0v) is 11.8. The van der Waals surface area contributed by atoms with E-state index >= 15 is 0 Å². The number of nitrogens with zero attached hydrogens (tertiary/aromatic N) is 2. The van der Waals surface area contributed by atoms with Crippen molar-refractivity contribution in [1.82, 2.24) is 9.97 Å². The van der Waals surface area contributed by atoms with Crippen molar-refractivity contribution in [2.24, 2.45) is 0 Å². The molecule has 113 valence electrons. The average Bonchev–Trinajstić information content (AvgIpc) is 2.97. The fourth-order valence-corrected chi connectivity index (χ4v) is 2.84. The number of methoxy groups -OCH3 is 1. The second-order valence-corrected chi connectivity index (χ2v) is 5.16. The van der Waals surface area contributed by atoms with Crippen molar-refractivity contribution in [3.63, 3.8) is 0 Å². The number of rotatable bonds is 2. The summed E-state index contributed by atoms with van der Waals surface area (Å²) in [6, 6.07) is 4.60. The highest BCUT2D eigenvalue weighted by molar-refractivity contribution is 7.13. The Morgan fingerprint density at radius 3 is 2.68 bits per heavy atom. The van der Waals surface area contributed by atoms with Crippen molar-refractivity contribution in [2.75, 3.05) is 7.11 Å². The van der Waals surface area contributed by atoms with Crippen LogP contribution in [0, 0.1) is 12.0 Å². The van der Waals surface area contributed by atoms with Gasteiger partial charge >= 0.3 is 6.18 Å². The molecule has 0 saturated heterocycles. The molecule has 2 heterocycles. The number of alkyl halides is 3. The molecule has 1 aromatic carbocycles. The van der Waals surface area contributed by atoms with E-state index in [0.29, 0.717) is 0 Å². The number of thiazole rings is 1. The number of fused-ring (bicyclic) bond motifs is 1. The standard InChI is InChI=1S/C14H7F4N2OS/c1-21-9-5-19-8-4-2-3-7(11(8)12(9)15)13-20-10(6-22-13)14(16,17)18/h2-4,6H,1H3. The molecular formula is C14H7F4N2OS. The van der Waals surface area contributed by atoms with Crippen LogP contribution in [-0.4, -0.2) is 17.1 Å². The molecular weight excluding hydrogens is 320 g/mol. The lowest BCUT2D eigenvalue weighted by Crippen LogP contribution is -2.04. The van der Waals surface area contributed by atoms with Crippen LogP contribution in [-0.2, 0) is 6.18 Å². The Morgan fingerprint density at radius 2 is 2.05 bits per heavy atom. The number of hydrogen-bond donors (Lipinski definition) is 0. The predicted molar refractivity (Wildman–Crippen MR) is 73.2 cm³/mol. The monoisotopic (exact) mass is 327 g/mol. The normalized spacial score (nSPS) is 11.9. The highest BCUT2D eigenvalue weighted by Gasteiger charge is 2.34. The summed E-state index contributed by atoms with van der Waals surface area (Å²) in [5.74, 6) is -0.931. The van der Waals surface area contributed by atoms with Gasteiger partial charge in [0.1, 0.15) is 11.2 Å². The first-order valence-electron chi connectivity index (χ1n) is 5.99. The van der Waals surface area contributed by atoms with E-state index in [1.165, 1.54) is 19.2 Å². The molecule has 0 aliphatic rings. The molecule has 2 aromatic heterocycles. The predicted octanol–water partition coefficient (Wildman–Crippen LogP) is 4.32. The molecule has 0 unspecified atom stereocenters. The number of ether oxygens (including phenoxy) is 1. The molecule has 1 radical (unpaired) electrons. The van der Waals surface area contributed by atoms with E-state index in [1.807, 2.05) is 0 Å². The molecule has 0 spiro atoms. The van der Waals surface area contributed by atoms with Crippen LogP contribution >= 0.6 is 11.3 Å². The van der Waals surface area contributed by atoms with E-state index in [2.05, 4.69) is 16.2 Å². The van der Waals surface area contributed by atoms with Crippen LogP contribution in [0.15, 0.2) is 23.6 Å². The summed E-state index contributed by atoms with van der Waals surface area (Å²) in [6.45, 7) is 0. The van der Waals surface area contributed by atoms with E-state index < -0.39 is 17.7 Å². The Labute approximate surface area is 126 Å². The summed E-state index contributed by atoms with van der Waals surface area (Å²) in [5, 5.41) is 1.01. The van der Waals surface area contributed by atoms with Gasteiger partial charge in [-0.15, -0.1) is 11.3 Å². The molecule has 0 amide bonds. The second kappa shape index (κ2) is 5.20. The Bertz CT molecular complexity index is 844. The number of aromatic nitrogens is 2. The molecule has 3 aromatic rings. The fraction of sp³-hybridized carbons (Fsp3) is 0.143. The van der Waals surface area contributed by atoms with Crippen LogP contribution in [0.25, 0.3) is 21.5 Å². The molecule has 0 N–H and O–H groups in total. The van der Waals surface area contributed by atoms with Crippen LogP contribution in [0.4, 0.5) is 17.6 Å². The third kappa shape index (κ3) is 2.39. The number of pyridine rings is 1. The Kier molecular flexibility index (Phi) is 3.48. The van der Waals surface area contributed by atoms with Crippen molar-refractivity contribution < 1.29 is 22.3 Å². The summed E-state index contributed by atoms with van der Waals surface area (Å²) < 4.78 is 57.2. The van der Waals surface area contributed by atoms with E-state index in [1.54, 1.807) is 6.07 Å². The molecule has 0 bridgehead atoms. The van der Waals surface area contributed by atoms with Gasteiger partial charge in [0.15, 0.2) is 17.3 Å². The molecule has 0 fully saturated rings. The molecule has 8 heteroatoms. The van der Waals surface area contributed by atoms with Crippen molar-refractivity contribution >= 4 is 22.2 Å². The van der Waals surface area contributed by atoms with E-state index in [0.717, 1.165) is 16.7 Å². The molecule has 0 saturated carbocycles. The molecule has 0 atom stereocenters. The highest BCUT2D eigenvalue weighted by atomic mass is 32.1. The quantitative estimate of drug-likeness (QED) is 0.657. The van der Waals surface area contributed by atoms with Crippen LogP contribution in [0.2, 0.25) is 0 Å². The zero-order valence-electron chi connectivity index (χ0n) is 11.0. The lowest BCUT2D eigenvalue weighted by Gasteiger charge is -2.07. The molecule has 3 rings (SSSR count). The van der Waals surface area contributed by atoms with Crippen LogP contribution in [0.5, 0.6) is 5.75 Å². The SMILES string of the molecule is COc1[c]nc2cccc(-c3nc(C(F)(F)F)cs3)c2c1F.